The number of hydrogen-bond donors (Lipinski definition) is 2. The second-order valence-corrected chi connectivity index (χ2v) is 8.44. The molecule has 1 unspecified atom stereocenters. The maximum absolute atomic E-state index is 12.7. The minimum absolute atomic E-state index is 0.00780. The number of amides is 2. The van der Waals surface area contributed by atoms with Gasteiger partial charge in [-0.05, 0) is 37.5 Å². The zero-order chi connectivity index (χ0) is 16.9. The monoisotopic (exact) mass is 326 g/mol. The number of aliphatic hydroxyl groups excluding tert-OH is 1. The van der Waals surface area contributed by atoms with Crippen LogP contribution in [0.15, 0.2) is 0 Å². The predicted molar refractivity (Wildman–Crippen MR) is 91.4 cm³/mol. The molecular formula is C18H34N2O3. The lowest BCUT2D eigenvalue weighted by atomic mass is 9.89. The van der Waals surface area contributed by atoms with Gasteiger partial charge >= 0.3 is 6.03 Å². The Hall–Kier alpha value is -0.810. The molecule has 1 aliphatic carbocycles. The summed E-state index contributed by atoms with van der Waals surface area (Å²) in [5.74, 6) is 0. The second-order valence-electron chi connectivity index (χ2n) is 8.44. The van der Waals surface area contributed by atoms with Gasteiger partial charge in [0.05, 0.1) is 5.60 Å². The highest BCUT2D eigenvalue weighted by Crippen LogP contribution is 2.40. The fourth-order valence-electron chi connectivity index (χ4n) is 3.87. The van der Waals surface area contributed by atoms with Gasteiger partial charge in [0.2, 0.25) is 0 Å². The molecule has 1 heterocycles. The van der Waals surface area contributed by atoms with Crippen LogP contribution in [0.25, 0.3) is 0 Å². The van der Waals surface area contributed by atoms with Gasteiger partial charge in [0, 0.05) is 32.3 Å². The molecule has 1 aliphatic heterocycles. The molecule has 134 valence electrons. The Morgan fingerprint density at radius 3 is 2.65 bits per heavy atom. The molecule has 1 saturated heterocycles. The number of ether oxygens (including phenoxy) is 1. The van der Waals surface area contributed by atoms with Crippen LogP contribution >= 0.6 is 0 Å². The van der Waals surface area contributed by atoms with Crippen molar-refractivity contribution in [3.8, 4) is 0 Å². The molecule has 0 aromatic rings. The Kier molecular flexibility index (Phi) is 6.32. The number of carbonyl (C=O) groups excluding carboxylic acids is 1. The number of carbonyl (C=O) groups is 1. The van der Waals surface area contributed by atoms with Gasteiger partial charge in [-0.3, -0.25) is 0 Å². The summed E-state index contributed by atoms with van der Waals surface area (Å²) in [5.41, 5.74) is 0.0747. The van der Waals surface area contributed by atoms with E-state index in [1.165, 1.54) is 12.8 Å². The van der Waals surface area contributed by atoms with E-state index in [9.17, 15) is 4.79 Å². The summed E-state index contributed by atoms with van der Waals surface area (Å²) in [4.78, 5) is 14.5. The van der Waals surface area contributed by atoms with Crippen molar-refractivity contribution < 1.29 is 14.6 Å². The molecule has 1 saturated carbocycles. The molecule has 23 heavy (non-hydrogen) atoms. The van der Waals surface area contributed by atoms with Crippen molar-refractivity contribution in [2.45, 2.75) is 77.4 Å². The molecule has 0 radical (unpaired) electrons. The molecule has 2 rings (SSSR count). The SMILES string of the molecule is CC(C)(C)CN(CCCO)C(=O)NC1CCOC2(CCCC2)C1. The normalized spacial score (nSPS) is 23.9. The fourth-order valence-corrected chi connectivity index (χ4v) is 3.87. The highest BCUT2D eigenvalue weighted by Gasteiger charge is 2.40. The fraction of sp³-hybridized carbons (Fsp3) is 0.944. The average molecular weight is 326 g/mol. The molecule has 2 fully saturated rings. The summed E-state index contributed by atoms with van der Waals surface area (Å²) in [6.07, 6.45) is 7.23. The number of nitrogens with zero attached hydrogens (tertiary/aromatic N) is 1. The van der Waals surface area contributed by atoms with E-state index < -0.39 is 0 Å². The highest BCUT2D eigenvalue weighted by molar-refractivity contribution is 5.74. The van der Waals surface area contributed by atoms with E-state index in [0.29, 0.717) is 19.5 Å². The molecule has 2 amide bonds. The predicted octanol–water partition coefficient (Wildman–Crippen LogP) is 2.92. The Labute approximate surface area is 140 Å². The van der Waals surface area contributed by atoms with Crippen molar-refractivity contribution in [2.24, 2.45) is 5.41 Å². The molecule has 2 N–H and O–H groups in total. The van der Waals surface area contributed by atoms with E-state index in [4.69, 9.17) is 9.84 Å². The molecule has 1 spiro atoms. The van der Waals surface area contributed by atoms with E-state index in [1.807, 2.05) is 4.90 Å². The van der Waals surface area contributed by atoms with Gasteiger partial charge in [-0.25, -0.2) is 4.79 Å². The molecule has 0 aromatic heterocycles. The summed E-state index contributed by atoms with van der Waals surface area (Å²) in [6.45, 7) is 8.58. The maximum Gasteiger partial charge on any atom is 0.317 e. The lowest BCUT2D eigenvalue weighted by molar-refractivity contribution is -0.0824. The van der Waals surface area contributed by atoms with Crippen LogP contribution in [0.2, 0.25) is 0 Å². The summed E-state index contributed by atoms with van der Waals surface area (Å²) in [6, 6.07) is 0.222. The summed E-state index contributed by atoms with van der Waals surface area (Å²) >= 11 is 0. The average Bonchev–Trinajstić information content (AvgIpc) is 2.90. The van der Waals surface area contributed by atoms with E-state index >= 15 is 0 Å². The topological polar surface area (TPSA) is 61.8 Å². The first-order valence-electron chi connectivity index (χ1n) is 9.14. The van der Waals surface area contributed by atoms with E-state index in [2.05, 4.69) is 26.1 Å². The van der Waals surface area contributed by atoms with Crippen molar-refractivity contribution in [2.75, 3.05) is 26.3 Å². The summed E-state index contributed by atoms with van der Waals surface area (Å²) in [5, 5.41) is 12.3. The van der Waals surface area contributed by atoms with Crippen LogP contribution in [-0.4, -0.2) is 54.0 Å². The third-order valence-corrected chi connectivity index (χ3v) is 4.87. The maximum atomic E-state index is 12.7. The first kappa shape index (κ1) is 18.5. The lowest BCUT2D eigenvalue weighted by Gasteiger charge is -2.39. The van der Waals surface area contributed by atoms with E-state index in [0.717, 1.165) is 32.3 Å². The molecule has 0 aromatic carbocycles. The Balaban J connectivity index is 1.91. The van der Waals surface area contributed by atoms with Gasteiger partial charge in [0.15, 0.2) is 0 Å². The number of nitrogens with one attached hydrogen (secondary N) is 1. The first-order chi connectivity index (χ1) is 10.8. The largest absolute Gasteiger partial charge is 0.396 e. The molecule has 5 nitrogen and oxygen atoms in total. The molecule has 5 heteroatoms. The van der Waals surface area contributed by atoms with Crippen LogP contribution in [0.4, 0.5) is 4.79 Å². The summed E-state index contributed by atoms with van der Waals surface area (Å²) in [7, 11) is 0. The van der Waals surface area contributed by atoms with Crippen LogP contribution in [0, 0.1) is 5.41 Å². The minimum Gasteiger partial charge on any atom is -0.396 e. The quantitative estimate of drug-likeness (QED) is 0.816. The summed E-state index contributed by atoms with van der Waals surface area (Å²) < 4.78 is 6.05. The lowest BCUT2D eigenvalue weighted by Crippen LogP contribution is -2.52. The smallest absolute Gasteiger partial charge is 0.317 e. The van der Waals surface area contributed by atoms with Gasteiger partial charge in [0.25, 0.3) is 0 Å². The van der Waals surface area contributed by atoms with Gasteiger partial charge < -0.3 is 20.1 Å². The van der Waals surface area contributed by atoms with Crippen molar-refractivity contribution in [1.29, 1.82) is 0 Å². The zero-order valence-corrected chi connectivity index (χ0v) is 15.1. The number of rotatable bonds is 5. The Morgan fingerprint density at radius 2 is 2.04 bits per heavy atom. The molecule has 0 bridgehead atoms. The van der Waals surface area contributed by atoms with E-state index in [1.54, 1.807) is 0 Å². The zero-order valence-electron chi connectivity index (χ0n) is 15.1. The molecule has 1 atom stereocenters. The van der Waals surface area contributed by atoms with Crippen LogP contribution in [0.3, 0.4) is 0 Å². The third-order valence-electron chi connectivity index (χ3n) is 4.87. The van der Waals surface area contributed by atoms with Gasteiger partial charge in [-0.15, -0.1) is 0 Å². The van der Waals surface area contributed by atoms with Gasteiger partial charge in [-0.2, -0.15) is 0 Å². The molecule has 2 aliphatic rings. The standard InChI is InChI=1S/C18H34N2O3/c1-17(2,3)14-20(10-6-11-21)16(22)19-15-7-12-23-18(13-15)8-4-5-9-18/h15,21H,4-14H2,1-3H3,(H,19,22). The van der Waals surface area contributed by atoms with Crippen LogP contribution in [0.5, 0.6) is 0 Å². The van der Waals surface area contributed by atoms with Crippen LogP contribution < -0.4 is 5.32 Å². The van der Waals surface area contributed by atoms with Crippen LogP contribution in [-0.2, 0) is 4.74 Å². The van der Waals surface area contributed by atoms with Crippen molar-refractivity contribution in [3.63, 3.8) is 0 Å². The number of urea groups is 1. The Morgan fingerprint density at radius 1 is 1.35 bits per heavy atom. The second kappa shape index (κ2) is 7.84. The van der Waals surface area contributed by atoms with E-state index in [-0.39, 0.29) is 29.7 Å². The number of aliphatic hydroxyl groups is 1. The van der Waals surface area contributed by atoms with Gasteiger partial charge in [0.1, 0.15) is 0 Å². The minimum atomic E-state index is 0.00780. The highest BCUT2D eigenvalue weighted by atomic mass is 16.5. The Bertz CT molecular complexity index is 386. The number of hydrogen-bond acceptors (Lipinski definition) is 3. The molecular weight excluding hydrogens is 292 g/mol. The van der Waals surface area contributed by atoms with Crippen molar-refractivity contribution in [1.82, 2.24) is 10.2 Å². The van der Waals surface area contributed by atoms with Gasteiger partial charge in [-0.1, -0.05) is 33.6 Å². The first-order valence-corrected chi connectivity index (χ1v) is 9.14. The van der Waals surface area contributed by atoms with Crippen molar-refractivity contribution in [3.05, 3.63) is 0 Å². The van der Waals surface area contributed by atoms with Crippen LogP contribution in [0.1, 0.15) is 65.7 Å². The van der Waals surface area contributed by atoms with Crippen molar-refractivity contribution >= 4 is 6.03 Å². The third kappa shape index (κ3) is 5.64.